The number of benzene rings is 1. The standard InChI is InChI=1S/C10H11FOS/c1-6-10(12)9-4-8(11)3-2-7(9)5-13-6/h2-4,6,10,12H,5H2,1H3. The first kappa shape index (κ1) is 9.03. The lowest BCUT2D eigenvalue weighted by Crippen LogP contribution is -2.18. The molecule has 0 spiro atoms. The summed E-state index contributed by atoms with van der Waals surface area (Å²) in [5.41, 5.74) is 1.81. The van der Waals surface area contributed by atoms with E-state index in [-0.39, 0.29) is 11.1 Å². The van der Waals surface area contributed by atoms with Crippen molar-refractivity contribution in [3.8, 4) is 0 Å². The molecule has 1 aliphatic heterocycles. The van der Waals surface area contributed by atoms with Crippen LogP contribution in [0.1, 0.15) is 24.2 Å². The number of fused-ring (bicyclic) bond motifs is 1. The Balaban J connectivity index is 2.45. The molecule has 1 N–H and O–H groups in total. The van der Waals surface area contributed by atoms with Gasteiger partial charge in [-0.05, 0) is 23.3 Å². The van der Waals surface area contributed by atoms with Crippen molar-refractivity contribution < 1.29 is 9.50 Å². The molecule has 3 heteroatoms. The van der Waals surface area contributed by atoms with Gasteiger partial charge in [0.15, 0.2) is 0 Å². The van der Waals surface area contributed by atoms with E-state index >= 15 is 0 Å². The first-order valence-electron chi connectivity index (χ1n) is 4.26. The average molecular weight is 198 g/mol. The van der Waals surface area contributed by atoms with Crippen LogP contribution in [0, 0.1) is 5.82 Å². The van der Waals surface area contributed by atoms with E-state index in [1.165, 1.54) is 12.1 Å². The van der Waals surface area contributed by atoms with Gasteiger partial charge in [-0.25, -0.2) is 4.39 Å². The van der Waals surface area contributed by atoms with Gasteiger partial charge < -0.3 is 5.11 Å². The lowest BCUT2D eigenvalue weighted by molar-refractivity contribution is 0.176. The summed E-state index contributed by atoms with van der Waals surface area (Å²) in [7, 11) is 0. The number of rotatable bonds is 0. The third-order valence-electron chi connectivity index (χ3n) is 2.37. The highest BCUT2D eigenvalue weighted by atomic mass is 32.2. The van der Waals surface area contributed by atoms with Crippen molar-refractivity contribution in [1.29, 1.82) is 0 Å². The Morgan fingerprint density at radius 2 is 2.31 bits per heavy atom. The summed E-state index contributed by atoms with van der Waals surface area (Å²) in [6, 6.07) is 4.64. The number of halogens is 1. The highest BCUT2D eigenvalue weighted by Gasteiger charge is 2.25. The van der Waals surface area contributed by atoms with Gasteiger partial charge in [-0.1, -0.05) is 13.0 Å². The number of thioether (sulfide) groups is 1. The van der Waals surface area contributed by atoms with E-state index in [0.29, 0.717) is 0 Å². The maximum Gasteiger partial charge on any atom is 0.123 e. The fourth-order valence-electron chi connectivity index (χ4n) is 1.54. The third kappa shape index (κ3) is 1.58. The maximum absolute atomic E-state index is 12.9. The van der Waals surface area contributed by atoms with Crippen LogP contribution in [-0.4, -0.2) is 10.4 Å². The summed E-state index contributed by atoms with van der Waals surface area (Å²) in [6.07, 6.45) is -0.524. The first-order chi connectivity index (χ1) is 6.18. The zero-order chi connectivity index (χ0) is 9.42. The average Bonchev–Trinajstić information content (AvgIpc) is 2.12. The van der Waals surface area contributed by atoms with Crippen molar-refractivity contribution in [2.45, 2.75) is 24.0 Å². The molecule has 1 aromatic rings. The van der Waals surface area contributed by atoms with Gasteiger partial charge in [0.2, 0.25) is 0 Å². The topological polar surface area (TPSA) is 20.2 Å². The van der Waals surface area contributed by atoms with Crippen molar-refractivity contribution in [2.75, 3.05) is 0 Å². The van der Waals surface area contributed by atoms with Crippen LogP contribution >= 0.6 is 11.8 Å². The van der Waals surface area contributed by atoms with Crippen LogP contribution in [0.15, 0.2) is 18.2 Å². The van der Waals surface area contributed by atoms with Crippen LogP contribution in [-0.2, 0) is 5.75 Å². The minimum absolute atomic E-state index is 0.161. The Morgan fingerprint density at radius 3 is 3.08 bits per heavy atom. The van der Waals surface area contributed by atoms with E-state index in [2.05, 4.69) is 0 Å². The molecule has 1 aromatic carbocycles. The molecule has 13 heavy (non-hydrogen) atoms. The second-order valence-electron chi connectivity index (χ2n) is 3.30. The molecule has 1 aliphatic rings. The second-order valence-corrected chi connectivity index (χ2v) is 4.67. The van der Waals surface area contributed by atoms with Crippen molar-refractivity contribution in [1.82, 2.24) is 0 Å². The zero-order valence-electron chi connectivity index (χ0n) is 7.33. The highest BCUT2D eigenvalue weighted by Crippen LogP contribution is 2.37. The zero-order valence-corrected chi connectivity index (χ0v) is 8.14. The van der Waals surface area contributed by atoms with Gasteiger partial charge in [-0.3, -0.25) is 0 Å². The number of hydrogen-bond acceptors (Lipinski definition) is 2. The van der Waals surface area contributed by atoms with E-state index in [9.17, 15) is 9.50 Å². The highest BCUT2D eigenvalue weighted by molar-refractivity contribution is 7.99. The predicted octanol–water partition coefficient (Wildman–Crippen LogP) is 2.49. The molecule has 0 amide bonds. The summed E-state index contributed by atoms with van der Waals surface area (Å²) >= 11 is 1.70. The Hall–Kier alpha value is -0.540. The predicted molar refractivity (Wildman–Crippen MR) is 52.1 cm³/mol. The van der Waals surface area contributed by atoms with E-state index in [1.807, 2.05) is 6.92 Å². The van der Waals surface area contributed by atoms with Crippen molar-refractivity contribution in [3.05, 3.63) is 35.1 Å². The summed E-state index contributed by atoms with van der Waals surface area (Å²) in [5.74, 6) is 0.602. The molecule has 0 radical (unpaired) electrons. The minimum Gasteiger partial charge on any atom is -0.387 e. The quantitative estimate of drug-likeness (QED) is 0.691. The molecular weight excluding hydrogens is 187 g/mol. The third-order valence-corrected chi connectivity index (χ3v) is 3.63. The molecular formula is C10H11FOS. The summed E-state index contributed by atoms with van der Waals surface area (Å²) in [5, 5.41) is 9.93. The van der Waals surface area contributed by atoms with E-state index in [4.69, 9.17) is 0 Å². The van der Waals surface area contributed by atoms with E-state index in [1.54, 1.807) is 17.8 Å². The second kappa shape index (κ2) is 3.31. The molecule has 70 valence electrons. The van der Waals surface area contributed by atoms with Crippen LogP contribution in [0.4, 0.5) is 4.39 Å². The molecule has 0 saturated carbocycles. The molecule has 2 unspecified atom stereocenters. The SMILES string of the molecule is CC1SCc2ccc(F)cc2C1O. The molecule has 0 bridgehead atoms. The Morgan fingerprint density at radius 1 is 1.54 bits per heavy atom. The molecule has 2 atom stereocenters. The monoisotopic (exact) mass is 198 g/mol. The fraction of sp³-hybridized carbons (Fsp3) is 0.400. The fourth-order valence-corrected chi connectivity index (χ4v) is 2.57. The van der Waals surface area contributed by atoms with E-state index in [0.717, 1.165) is 16.9 Å². The Kier molecular flexibility index (Phi) is 2.30. The largest absolute Gasteiger partial charge is 0.387 e. The molecule has 0 aliphatic carbocycles. The lowest BCUT2D eigenvalue weighted by atomic mass is 10.0. The van der Waals surface area contributed by atoms with Crippen LogP contribution < -0.4 is 0 Å². The van der Waals surface area contributed by atoms with Gasteiger partial charge in [0.05, 0.1) is 6.10 Å². The molecule has 2 rings (SSSR count). The number of aliphatic hydroxyl groups excluding tert-OH is 1. The van der Waals surface area contributed by atoms with Crippen molar-refractivity contribution in [3.63, 3.8) is 0 Å². The molecule has 1 heterocycles. The number of hydrogen-bond donors (Lipinski definition) is 1. The van der Waals surface area contributed by atoms with Gasteiger partial charge in [0, 0.05) is 11.0 Å². The molecule has 0 fully saturated rings. The normalized spacial score (nSPS) is 27.0. The van der Waals surface area contributed by atoms with Gasteiger partial charge in [-0.15, -0.1) is 0 Å². The van der Waals surface area contributed by atoms with Crippen LogP contribution in [0.2, 0.25) is 0 Å². The maximum atomic E-state index is 12.9. The van der Waals surface area contributed by atoms with E-state index < -0.39 is 6.10 Å². The van der Waals surface area contributed by atoms with Crippen LogP contribution in [0.25, 0.3) is 0 Å². The number of aliphatic hydroxyl groups is 1. The minimum atomic E-state index is -0.524. The summed E-state index contributed by atoms with van der Waals surface area (Å²) in [4.78, 5) is 0. The van der Waals surface area contributed by atoms with Crippen molar-refractivity contribution in [2.24, 2.45) is 0 Å². The van der Waals surface area contributed by atoms with Crippen molar-refractivity contribution >= 4 is 11.8 Å². The van der Waals surface area contributed by atoms with Gasteiger partial charge in [-0.2, -0.15) is 11.8 Å². The first-order valence-corrected chi connectivity index (χ1v) is 5.31. The van der Waals surface area contributed by atoms with Gasteiger partial charge in [0.25, 0.3) is 0 Å². The van der Waals surface area contributed by atoms with Gasteiger partial charge >= 0.3 is 0 Å². The molecule has 0 aromatic heterocycles. The Bertz CT molecular complexity index is 327. The lowest BCUT2D eigenvalue weighted by Gasteiger charge is -2.26. The molecule has 0 saturated heterocycles. The molecule has 1 nitrogen and oxygen atoms in total. The Labute approximate surface area is 81.0 Å². The summed E-state index contributed by atoms with van der Waals surface area (Å²) < 4.78 is 12.9. The van der Waals surface area contributed by atoms with Crippen LogP contribution in [0.3, 0.4) is 0 Å². The van der Waals surface area contributed by atoms with Gasteiger partial charge in [0.1, 0.15) is 5.82 Å². The van der Waals surface area contributed by atoms with Crippen LogP contribution in [0.5, 0.6) is 0 Å². The smallest absolute Gasteiger partial charge is 0.123 e. The summed E-state index contributed by atoms with van der Waals surface area (Å²) in [6.45, 7) is 1.96.